The molecule has 0 aromatic heterocycles. The fourth-order valence-corrected chi connectivity index (χ4v) is 2.27. The molecule has 0 atom stereocenters. The summed E-state index contributed by atoms with van der Waals surface area (Å²) in [6.45, 7) is 1.65. The van der Waals surface area contributed by atoms with Crippen LogP contribution in [0.3, 0.4) is 0 Å². The molecule has 0 unspecified atom stereocenters. The summed E-state index contributed by atoms with van der Waals surface area (Å²) in [5, 5.41) is 18.5. The standard InChI is InChI=1S/C18H15NO7/c1-2-26-18(25)19(13-6-3-11(10-20)4-7-13)15-8-5-12(16(21)22)9-14(15)17(23)24/h3-10H,2H2,1H3,(H,21,22)(H,23,24). The summed E-state index contributed by atoms with van der Waals surface area (Å²) in [6, 6.07) is 9.20. The normalized spacial score (nSPS) is 10.0. The summed E-state index contributed by atoms with van der Waals surface area (Å²) in [7, 11) is 0. The van der Waals surface area contributed by atoms with Crippen LogP contribution in [0.2, 0.25) is 0 Å². The van der Waals surface area contributed by atoms with Crippen molar-refractivity contribution in [3.8, 4) is 0 Å². The van der Waals surface area contributed by atoms with Crippen molar-refractivity contribution < 1.29 is 34.1 Å². The van der Waals surface area contributed by atoms with Gasteiger partial charge in [-0.15, -0.1) is 0 Å². The lowest BCUT2D eigenvalue weighted by atomic mass is 10.1. The summed E-state index contributed by atoms with van der Waals surface area (Å²) >= 11 is 0. The summed E-state index contributed by atoms with van der Waals surface area (Å²) in [4.78, 5) is 46.9. The fourth-order valence-electron chi connectivity index (χ4n) is 2.27. The van der Waals surface area contributed by atoms with E-state index >= 15 is 0 Å². The Morgan fingerprint density at radius 1 is 1.04 bits per heavy atom. The van der Waals surface area contributed by atoms with Gasteiger partial charge >= 0.3 is 18.0 Å². The third-order valence-corrected chi connectivity index (χ3v) is 3.45. The molecule has 26 heavy (non-hydrogen) atoms. The Morgan fingerprint density at radius 2 is 1.69 bits per heavy atom. The monoisotopic (exact) mass is 357 g/mol. The van der Waals surface area contributed by atoms with Crippen molar-refractivity contribution in [3.63, 3.8) is 0 Å². The molecule has 0 aliphatic heterocycles. The van der Waals surface area contributed by atoms with E-state index in [1.165, 1.54) is 36.4 Å². The van der Waals surface area contributed by atoms with Crippen LogP contribution in [0.1, 0.15) is 38.0 Å². The third-order valence-electron chi connectivity index (χ3n) is 3.45. The molecule has 2 aromatic rings. The zero-order valence-corrected chi connectivity index (χ0v) is 13.7. The predicted molar refractivity (Wildman–Crippen MR) is 91.4 cm³/mol. The van der Waals surface area contributed by atoms with Gasteiger partial charge in [0.25, 0.3) is 0 Å². The van der Waals surface area contributed by atoms with Gasteiger partial charge in [0.15, 0.2) is 0 Å². The predicted octanol–water partition coefficient (Wildman–Crippen LogP) is 3.19. The second-order valence-electron chi connectivity index (χ2n) is 5.09. The highest BCUT2D eigenvalue weighted by molar-refractivity contribution is 6.05. The number of aromatic carboxylic acids is 2. The number of hydrogen-bond donors (Lipinski definition) is 2. The van der Waals surface area contributed by atoms with Gasteiger partial charge in [0.05, 0.1) is 29.1 Å². The maximum absolute atomic E-state index is 12.4. The van der Waals surface area contributed by atoms with Gasteiger partial charge in [-0.05, 0) is 49.4 Å². The number of amides is 1. The van der Waals surface area contributed by atoms with E-state index in [0.717, 1.165) is 11.0 Å². The molecule has 2 aromatic carbocycles. The molecular formula is C18H15NO7. The average molecular weight is 357 g/mol. The zero-order valence-electron chi connectivity index (χ0n) is 13.7. The second kappa shape index (κ2) is 7.93. The Labute approximate surface area is 148 Å². The van der Waals surface area contributed by atoms with Crippen LogP contribution < -0.4 is 4.90 Å². The van der Waals surface area contributed by atoms with Crippen LogP contribution in [-0.2, 0) is 4.74 Å². The number of hydrogen-bond acceptors (Lipinski definition) is 5. The van der Waals surface area contributed by atoms with Crippen molar-refractivity contribution in [3.05, 3.63) is 59.2 Å². The van der Waals surface area contributed by atoms with Crippen LogP contribution in [0.15, 0.2) is 42.5 Å². The van der Waals surface area contributed by atoms with Crippen molar-refractivity contribution in [1.82, 2.24) is 0 Å². The number of nitrogens with zero attached hydrogens (tertiary/aromatic N) is 1. The molecule has 134 valence electrons. The van der Waals surface area contributed by atoms with E-state index in [-0.39, 0.29) is 29.1 Å². The Bertz CT molecular complexity index is 858. The Hall–Kier alpha value is -3.68. The Kier molecular flexibility index (Phi) is 5.69. The van der Waals surface area contributed by atoms with Gasteiger partial charge in [0, 0.05) is 5.56 Å². The van der Waals surface area contributed by atoms with Gasteiger partial charge in [-0.25, -0.2) is 19.3 Å². The molecule has 2 N–H and O–H groups in total. The highest BCUT2D eigenvalue weighted by atomic mass is 16.6. The number of benzene rings is 2. The van der Waals surface area contributed by atoms with E-state index in [0.29, 0.717) is 11.8 Å². The minimum Gasteiger partial charge on any atom is -0.478 e. The summed E-state index contributed by atoms with van der Waals surface area (Å²) in [5.41, 5.74) is -0.0275. The molecule has 0 fully saturated rings. The van der Waals surface area contributed by atoms with Crippen molar-refractivity contribution in [2.45, 2.75) is 6.92 Å². The topological polar surface area (TPSA) is 121 Å². The van der Waals surface area contributed by atoms with E-state index in [1.54, 1.807) is 6.92 Å². The highest BCUT2D eigenvalue weighted by Crippen LogP contribution is 2.31. The first-order chi connectivity index (χ1) is 12.4. The van der Waals surface area contributed by atoms with Crippen LogP contribution in [0, 0.1) is 0 Å². The van der Waals surface area contributed by atoms with Crippen molar-refractivity contribution in [2.75, 3.05) is 11.5 Å². The fraction of sp³-hybridized carbons (Fsp3) is 0.111. The van der Waals surface area contributed by atoms with E-state index in [2.05, 4.69) is 0 Å². The van der Waals surface area contributed by atoms with Crippen molar-refractivity contribution in [1.29, 1.82) is 0 Å². The lowest BCUT2D eigenvalue weighted by Gasteiger charge is -2.24. The SMILES string of the molecule is CCOC(=O)N(c1ccc(C=O)cc1)c1ccc(C(=O)O)cc1C(=O)O. The largest absolute Gasteiger partial charge is 0.478 e. The van der Waals surface area contributed by atoms with E-state index in [1.807, 2.05) is 0 Å². The van der Waals surface area contributed by atoms with Gasteiger partial charge in [0.1, 0.15) is 6.29 Å². The smallest absolute Gasteiger partial charge is 0.418 e. The molecule has 0 radical (unpaired) electrons. The number of carboxylic acid groups (broad SMARTS) is 2. The number of ether oxygens (including phenoxy) is 1. The minimum absolute atomic E-state index is 0.0529. The first kappa shape index (κ1) is 18.7. The second-order valence-corrected chi connectivity index (χ2v) is 5.09. The van der Waals surface area contributed by atoms with E-state index < -0.39 is 18.0 Å². The average Bonchev–Trinajstić information content (AvgIpc) is 2.62. The minimum atomic E-state index is -1.40. The number of carbonyl (C=O) groups is 4. The summed E-state index contributed by atoms with van der Waals surface area (Å²) in [5.74, 6) is -2.70. The maximum Gasteiger partial charge on any atom is 0.418 e. The Balaban J connectivity index is 2.64. The van der Waals surface area contributed by atoms with Crippen LogP contribution in [0.25, 0.3) is 0 Å². The maximum atomic E-state index is 12.4. The number of aldehydes is 1. The number of carboxylic acids is 2. The quantitative estimate of drug-likeness (QED) is 0.761. The van der Waals surface area contributed by atoms with Gasteiger partial charge in [-0.3, -0.25) is 4.79 Å². The summed E-state index contributed by atoms with van der Waals surface area (Å²) in [6.07, 6.45) is -0.208. The third kappa shape index (κ3) is 3.86. The van der Waals surface area contributed by atoms with Gasteiger partial charge in [0.2, 0.25) is 0 Å². The van der Waals surface area contributed by atoms with E-state index in [9.17, 15) is 24.3 Å². The molecule has 0 aliphatic rings. The molecule has 8 heteroatoms. The number of rotatable bonds is 6. The van der Waals surface area contributed by atoms with Crippen molar-refractivity contribution >= 4 is 35.7 Å². The van der Waals surface area contributed by atoms with Crippen LogP contribution >= 0.6 is 0 Å². The first-order valence-corrected chi connectivity index (χ1v) is 7.51. The molecular weight excluding hydrogens is 342 g/mol. The zero-order chi connectivity index (χ0) is 19.3. The highest BCUT2D eigenvalue weighted by Gasteiger charge is 2.25. The molecule has 0 aliphatic carbocycles. The molecule has 0 spiro atoms. The molecule has 0 heterocycles. The molecule has 0 bridgehead atoms. The molecule has 8 nitrogen and oxygen atoms in total. The molecule has 0 saturated heterocycles. The van der Waals surface area contributed by atoms with Crippen molar-refractivity contribution in [2.24, 2.45) is 0 Å². The van der Waals surface area contributed by atoms with E-state index in [4.69, 9.17) is 9.84 Å². The van der Waals surface area contributed by atoms with Gasteiger partial charge in [-0.1, -0.05) is 0 Å². The molecule has 0 saturated carbocycles. The summed E-state index contributed by atoms with van der Waals surface area (Å²) < 4.78 is 4.99. The Morgan fingerprint density at radius 3 is 2.19 bits per heavy atom. The number of carbonyl (C=O) groups excluding carboxylic acids is 2. The van der Waals surface area contributed by atoms with Crippen LogP contribution in [0.5, 0.6) is 0 Å². The van der Waals surface area contributed by atoms with Crippen LogP contribution in [0.4, 0.5) is 16.2 Å². The molecule has 1 amide bonds. The lowest BCUT2D eigenvalue weighted by molar-refractivity contribution is 0.0696. The van der Waals surface area contributed by atoms with Gasteiger partial charge < -0.3 is 14.9 Å². The molecule has 2 rings (SSSR count). The first-order valence-electron chi connectivity index (χ1n) is 7.51. The number of anilines is 2. The lowest BCUT2D eigenvalue weighted by Crippen LogP contribution is -2.28. The van der Waals surface area contributed by atoms with Crippen LogP contribution in [-0.4, -0.2) is 41.1 Å². The van der Waals surface area contributed by atoms with Gasteiger partial charge in [-0.2, -0.15) is 0 Å².